The van der Waals surface area contributed by atoms with Gasteiger partial charge in [0, 0.05) is 24.7 Å². The molecule has 25 heavy (non-hydrogen) atoms. The van der Waals surface area contributed by atoms with E-state index in [1.807, 2.05) is 42.5 Å². The van der Waals surface area contributed by atoms with Crippen molar-refractivity contribution < 1.29 is 24.2 Å². The number of benzene rings is 1. The maximum Gasteiger partial charge on any atom is 0.305 e. The van der Waals surface area contributed by atoms with Gasteiger partial charge in [-0.15, -0.1) is 0 Å². The molecule has 0 radical (unpaired) electrons. The topological polar surface area (TPSA) is 72.8 Å². The number of allylic oxidation sites excluding steroid dienone is 2. The van der Waals surface area contributed by atoms with Gasteiger partial charge in [0.1, 0.15) is 11.5 Å². The predicted octanol–water partition coefficient (Wildman–Crippen LogP) is 2.92. The molecule has 0 aliphatic heterocycles. The highest BCUT2D eigenvalue weighted by Gasteiger charge is 2.41. The zero-order valence-corrected chi connectivity index (χ0v) is 14.6. The van der Waals surface area contributed by atoms with Gasteiger partial charge in [-0.05, 0) is 31.4 Å². The summed E-state index contributed by atoms with van der Waals surface area (Å²) in [5.74, 6) is 0.225. The van der Waals surface area contributed by atoms with E-state index in [1.165, 1.54) is 7.11 Å². The van der Waals surface area contributed by atoms with Gasteiger partial charge in [0.15, 0.2) is 0 Å². The molecule has 1 aliphatic rings. The van der Waals surface area contributed by atoms with Gasteiger partial charge >= 0.3 is 5.97 Å². The summed E-state index contributed by atoms with van der Waals surface area (Å²) < 4.78 is 10.3. The number of methoxy groups -OCH3 is 1. The lowest BCUT2D eigenvalue weighted by atomic mass is 9.91. The maximum absolute atomic E-state index is 12.1. The summed E-state index contributed by atoms with van der Waals surface area (Å²) in [5, 5.41) is 10.2. The van der Waals surface area contributed by atoms with E-state index in [9.17, 15) is 14.7 Å². The number of hydrogen-bond acceptors (Lipinski definition) is 5. The molecule has 0 amide bonds. The number of carbonyl (C=O) groups is 2. The van der Waals surface area contributed by atoms with Crippen LogP contribution in [0.5, 0.6) is 5.75 Å². The minimum atomic E-state index is -0.645. The van der Waals surface area contributed by atoms with Gasteiger partial charge < -0.3 is 14.6 Å². The van der Waals surface area contributed by atoms with Gasteiger partial charge in [-0.25, -0.2) is 0 Å². The van der Waals surface area contributed by atoms with Crippen LogP contribution >= 0.6 is 0 Å². The molecule has 1 aromatic rings. The van der Waals surface area contributed by atoms with Crippen LogP contribution in [0.2, 0.25) is 0 Å². The Balaban J connectivity index is 1.80. The Labute approximate surface area is 148 Å². The summed E-state index contributed by atoms with van der Waals surface area (Å²) in [6, 6.07) is 9.41. The molecule has 2 unspecified atom stereocenters. The smallest absolute Gasteiger partial charge is 0.305 e. The molecule has 1 saturated carbocycles. The van der Waals surface area contributed by atoms with E-state index in [1.54, 1.807) is 0 Å². The number of aliphatic hydroxyl groups excluding tert-OH is 1. The maximum atomic E-state index is 12.1. The highest BCUT2D eigenvalue weighted by molar-refractivity contribution is 5.84. The molecule has 1 N–H and O–H groups in total. The second-order valence-electron chi connectivity index (χ2n) is 6.31. The fourth-order valence-electron chi connectivity index (χ4n) is 3.09. The van der Waals surface area contributed by atoms with Gasteiger partial charge in [-0.1, -0.05) is 30.4 Å². The molecule has 1 aliphatic carbocycles. The number of ether oxygens (including phenoxy) is 2. The molecule has 5 nitrogen and oxygen atoms in total. The highest BCUT2D eigenvalue weighted by atomic mass is 16.5. The van der Waals surface area contributed by atoms with Crippen molar-refractivity contribution in [3.63, 3.8) is 0 Å². The number of hydrogen-bond donors (Lipinski definition) is 1. The van der Waals surface area contributed by atoms with Crippen molar-refractivity contribution in [2.45, 2.75) is 38.2 Å². The van der Waals surface area contributed by atoms with Gasteiger partial charge in [0.05, 0.1) is 19.8 Å². The van der Waals surface area contributed by atoms with Gasteiger partial charge in [0.2, 0.25) is 0 Å². The van der Waals surface area contributed by atoms with E-state index < -0.39 is 6.10 Å². The van der Waals surface area contributed by atoms with Crippen LogP contribution in [0.3, 0.4) is 0 Å². The first-order valence-electron chi connectivity index (χ1n) is 8.72. The number of rotatable bonds is 9. The fourth-order valence-corrected chi connectivity index (χ4v) is 3.09. The molecular weight excluding hydrogens is 320 g/mol. The number of aliphatic hydroxyl groups is 1. The lowest BCUT2D eigenvalue weighted by Gasteiger charge is -2.20. The zero-order valence-electron chi connectivity index (χ0n) is 14.6. The zero-order chi connectivity index (χ0) is 18.1. The number of esters is 1. The second-order valence-corrected chi connectivity index (χ2v) is 6.31. The number of unbranched alkanes of at least 4 members (excludes halogenated alkanes) is 1. The Kier molecular flexibility index (Phi) is 7.67. The summed E-state index contributed by atoms with van der Waals surface area (Å²) in [7, 11) is 1.38. The van der Waals surface area contributed by atoms with E-state index >= 15 is 0 Å². The number of ketones is 1. The molecule has 3 atom stereocenters. The molecule has 5 heteroatoms. The molecule has 0 spiro atoms. The number of para-hydroxylation sites is 1. The third-order valence-corrected chi connectivity index (χ3v) is 4.56. The first-order valence-corrected chi connectivity index (χ1v) is 8.72. The Morgan fingerprint density at radius 1 is 1.28 bits per heavy atom. The van der Waals surface area contributed by atoms with Crippen molar-refractivity contribution in [1.82, 2.24) is 0 Å². The molecule has 0 heterocycles. The van der Waals surface area contributed by atoms with Crippen LogP contribution in [0.15, 0.2) is 42.5 Å². The van der Waals surface area contributed by atoms with Crippen LogP contribution in [0.4, 0.5) is 0 Å². The Morgan fingerprint density at radius 2 is 2.04 bits per heavy atom. The average Bonchev–Trinajstić information content (AvgIpc) is 2.89. The van der Waals surface area contributed by atoms with Crippen LogP contribution < -0.4 is 4.74 Å². The molecule has 0 aromatic heterocycles. The monoisotopic (exact) mass is 346 g/mol. The Hall–Kier alpha value is -2.14. The normalized spacial score (nSPS) is 23.1. The first kappa shape index (κ1) is 19.2. The van der Waals surface area contributed by atoms with E-state index in [4.69, 9.17) is 4.74 Å². The Bertz CT molecular complexity index is 581. The third-order valence-electron chi connectivity index (χ3n) is 4.56. The molecular formula is C20H26O5. The molecule has 1 fully saturated rings. The summed E-state index contributed by atoms with van der Waals surface area (Å²) in [6.45, 7) is 0.331. The highest BCUT2D eigenvalue weighted by Crippen LogP contribution is 2.32. The van der Waals surface area contributed by atoms with Crippen molar-refractivity contribution in [3.8, 4) is 5.75 Å². The van der Waals surface area contributed by atoms with Crippen LogP contribution in [-0.4, -0.2) is 36.7 Å². The predicted molar refractivity (Wildman–Crippen MR) is 94.2 cm³/mol. The van der Waals surface area contributed by atoms with Gasteiger partial charge in [-0.2, -0.15) is 0 Å². The summed E-state index contributed by atoms with van der Waals surface area (Å²) in [6.07, 6.45) is 5.99. The molecule has 136 valence electrons. The van der Waals surface area contributed by atoms with Gasteiger partial charge in [0.25, 0.3) is 0 Å². The molecule has 0 bridgehead atoms. The standard InChI is InChI=1S/C20H26O5/c1-24-20(23)12-8-3-2-7-11-16-17(19(22)13-18(16)21)14-25-15-9-5-4-6-10-15/h2,4-7,9-10,16-17,19,22H,3,8,11-14H2,1H3/t16-,17?,19?/m1/s1. The van der Waals surface area contributed by atoms with Crippen LogP contribution in [0.25, 0.3) is 0 Å². The minimum absolute atomic E-state index is 0.0911. The minimum Gasteiger partial charge on any atom is -0.493 e. The quantitative estimate of drug-likeness (QED) is 0.423. The van der Waals surface area contributed by atoms with Crippen LogP contribution in [0.1, 0.15) is 32.1 Å². The second kappa shape index (κ2) is 9.99. The first-order chi connectivity index (χ1) is 12.1. The van der Waals surface area contributed by atoms with Crippen LogP contribution in [-0.2, 0) is 14.3 Å². The Morgan fingerprint density at radius 3 is 2.76 bits per heavy atom. The molecule has 0 saturated heterocycles. The van der Waals surface area contributed by atoms with Crippen molar-refractivity contribution in [2.24, 2.45) is 11.8 Å². The SMILES string of the molecule is COC(=O)CCCC=CC[C@H]1C(=O)CC(O)C1COc1ccccc1. The van der Waals surface area contributed by atoms with Crippen molar-refractivity contribution in [2.75, 3.05) is 13.7 Å². The lowest BCUT2D eigenvalue weighted by Crippen LogP contribution is -2.26. The van der Waals surface area contributed by atoms with E-state index in [0.717, 1.165) is 18.6 Å². The van der Waals surface area contributed by atoms with Crippen molar-refractivity contribution >= 4 is 11.8 Å². The molecule has 2 rings (SSSR count). The fraction of sp³-hybridized carbons (Fsp3) is 0.500. The molecule has 1 aromatic carbocycles. The van der Waals surface area contributed by atoms with E-state index in [2.05, 4.69) is 4.74 Å². The van der Waals surface area contributed by atoms with E-state index in [0.29, 0.717) is 19.4 Å². The van der Waals surface area contributed by atoms with Gasteiger partial charge in [-0.3, -0.25) is 9.59 Å². The average molecular weight is 346 g/mol. The van der Waals surface area contributed by atoms with Crippen molar-refractivity contribution in [3.05, 3.63) is 42.5 Å². The summed E-state index contributed by atoms with van der Waals surface area (Å²) >= 11 is 0. The van der Waals surface area contributed by atoms with Crippen molar-refractivity contribution in [1.29, 1.82) is 0 Å². The van der Waals surface area contributed by atoms with E-state index in [-0.39, 0.29) is 30.0 Å². The summed E-state index contributed by atoms with van der Waals surface area (Å²) in [4.78, 5) is 23.2. The summed E-state index contributed by atoms with van der Waals surface area (Å²) in [5.41, 5.74) is 0. The largest absolute Gasteiger partial charge is 0.493 e. The third kappa shape index (κ3) is 6.02. The number of Topliss-reactive ketones (excluding diaryl/α,β-unsaturated/α-hetero) is 1. The lowest BCUT2D eigenvalue weighted by molar-refractivity contribution is -0.140. The van der Waals surface area contributed by atoms with Crippen LogP contribution in [0, 0.1) is 11.8 Å². The number of carbonyl (C=O) groups excluding carboxylic acids is 2.